The molecule has 0 fully saturated rings. The molecule has 3 aromatic carbocycles. The number of aromatic nitrogens is 2. The number of nitrogens with zero attached hydrogens (tertiary/aromatic N) is 3. The topological polar surface area (TPSA) is 93.5 Å². The highest BCUT2D eigenvalue weighted by Crippen LogP contribution is 2.27. The lowest BCUT2D eigenvalue weighted by Crippen LogP contribution is -2.29. The number of benzene rings is 3. The van der Waals surface area contributed by atoms with Crippen LogP contribution in [0.5, 0.6) is 5.75 Å². The Balaban J connectivity index is 1.33. The first kappa shape index (κ1) is 22.1. The highest BCUT2D eigenvalue weighted by Gasteiger charge is 2.35. The number of hydrogen-bond acceptors (Lipinski definition) is 5. The number of anilines is 1. The fourth-order valence-corrected chi connectivity index (χ4v) is 4.08. The molecular weight excluding hydrogens is 444 g/mol. The Bertz CT molecular complexity index is 1390. The van der Waals surface area contributed by atoms with Gasteiger partial charge in [-0.2, -0.15) is 5.10 Å². The zero-order valence-corrected chi connectivity index (χ0v) is 19.0. The van der Waals surface area contributed by atoms with E-state index in [2.05, 4.69) is 10.4 Å². The third kappa shape index (κ3) is 4.41. The summed E-state index contributed by atoms with van der Waals surface area (Å²) in [5.41, 5.74) is 3.32. The lowest BCUT2D eigenvalue weighted by atomic mass is 10.1. The summed E-state index contributed by atoms with van der Waals surface area (Å²) in [6.45, 7) is 0.626. The molecule has 0 radical (unpaired) electrons. The van der Waals surface area contributed by atoms with Crippen LogP contribution in [0, 0.1) is 0 Å². The van der Waals surface area contributed by atoms with Gasteiger partial charge in [-0.25, -0.2) is 0 Å². The maximum atomic E-state index is 13.1. The van der Waals surface area contributed by atoms with E-state index >= 15 is 0 Å². The van der Waals surface area contributed by atoms with Crippen LogP contribution in [0.3, 0.4) is 0 Å². The van der Waals surface area contributed by atoms with Gasteiger partial charge in [-0.1, -0.05) is 48.5 Å². The summed E-state index contributed by atoms with van der Waals surface area (Å²) >= 11 is 0. The van der Waals surface area contributed by atoms with Gasteiger partial charge in [0.25, 0.3) is 17.7 Å². The van der Waals surface area contributed by atoms with Gasteiger partial charge in [0.05, 0.1) is 48.8 Å². The average Bonchev–Trinajstić information content (AvgIpc) is 3.42. The van der Waals surface area contributed by atoms with E-state index in [9.17, 15) is 14.4 Å². The van der Waals surface area contributed by atoms with Gasteiger partial charge in [-0.15, -0.1) is 0 Å². The lowest BCUT2D eigenvalue weighted by molar-refractivity contribution is 0.0642. The van der Waals surface area contributed by atoms with Crippen LogP contribution in [0.1, 0.15) is 42.2 Å². The average molecular weight is 466 g/mol. The van der Waals surface area contributed by atoms with Crippen molar-refractivity contribution in [2.24, 2.45) is 0 Å². The monoisotopic (exact) mass is 466 g/mol. The van der Waals surface area contributed by atoms with Crippen molar-refractivity contribution in [3.8, 4) is 5.75 Å². The molecule has 4 aromatic rings. The van der Waals surface area contributed by atoms with Crippen molar-refractivity contribution < 1.29 is 19.1 Å². The van der Waals surface area contributed by atoms with Gasteiger partial charge in [-0.05, 0) is 35.4 Å². The van der Waals surface area contributed by atoms with Crippen LogP contribution in [0.2, 0.25) is 0 Å². The first-order valence-electron chi connectivity index (χ1n) is 11.0. The zero-order chi connectivity index (χ0) is 24.4. The molecule has 0 bridgehead atoms. The minimum atomic E-state index is -0.384. The van der Waals surface area contributed by atoms with Crippen molar-refractivity contribution in [3.05, 3.63) is 113 Å². The molecule has 2 heterocycles. The quantitative estimate of drug-likeness (QED) is 0.416. The third-order valence-corrected chi connectivity index (χ3v) is 5.81. The Morgan fingerprint density at radius 1 is 0.886 bits per heavy atom. The number of carbonyl (C=O) groups excluding carboxylic acids is 3. The summed E-state index contributed by atoms with van der Waals surface area (Å²) in [5, 5.41) is 7.15. The Morgan fingerprint density at radius 3 is 2.26 bits per heavy atom. The molecule has 0 saturated carbocycles. The minimum absolute atomic E-state index is 0.0473. The van der Waals surface area contributed by atoms with Crippen molar-refractivity contribution in [2.75, 3.05) is 12.4 Å². The van der Waals surface area contributed by atoms with Crippen LogP contribution in [-0.2, 0) is 13.1 Å². The highest BCUT2D eigenvalue weighted by atomic mass is 16.5. The molecule has 3 amide bonds. The first-order chi connectivity index (χ1) is 17.0. The molecule has 0 atom stereocenters. The van der Waals surface area contributed by atoms with Gasteiger partial charge in [0.1, 0.15) is 5.75 Å². The third-order valence-electron chi connectivity index (χ3n) is 5.81. The van der Waals surface area contributed by atoms with E-state index in [1.165, 1.54) is 12.0 Å². The Morgan fingerprint density at radius 2 is 1.57 bits per heavy atom. The van der Waals surface area contributed by atoms with Crippen molar-refractivity contribution in [2.45, 2.75) is 13.1 Å². The molecule has 0 spiro atoms. The van der Waals surface area contributed by atoms with Gasteiger partial charge in [0, 0.05) is 6.20 Å². The number of nitrogens with one attached hydrogen (secondary N) is 1. The summed E-state index contributed by atoms with van der Waals surface area (Å²) < 4.78 is 7.11. The van der Waals surface area contributed by atoms with Crippen molar-refractivity contribution in [1.29, 1.82) is 0 Å². The molecule has 35 heavy (non-hydrogen) atoms. The number of carbonyl (C=O) groups is 3. The molecule has 1 N–H and O–H groups in total. The predicted molar refractivity (Wildman–Crippen MR) is 129 cm³/mol. The molecule has 174 valence electrons. The molecule has 1 aliphatic rings. The normalized spacial score (nSPS) is 12.5. The fraction of sp³-hybridized carbons (Fsp3) is 0.111. The molecule has 1 aromatic heterocycles. The molecule has 8 nitrogen and oxygen atoms in total. The second-order valence-electron chi connectivity index (χ2n) is 8.14. The van der Waals surface area contributed by atoms with Crippen LogP contribution >= 0.6 is 0 Å². The van der Waals surface area contributed by atoms with E-state index in [4.69, 9.17) is 4.74 Å². The maximum Gasteiger partial charge on any atom is 0.261 e. The van der Waals surface area contributed by atoms with Gasteiger partial charge in [-0.3, -0.25) is 24.0 Å². The van der Waals surface area contributed by atoms with Gasteiger partial charge in [0.15, 0.2) is 0 Å². The van der Waals surface area contributed by atoms with Gasteiger partial charge < -0.3 is 10.1 Å². The molecule has 0 unspecified atom stereocenters. The number of imide groups is 1. The molecule has 0 aliphatic carbocycles. The van der Waals surface area contributed by atoms with E-state index < -0.39 is 0 Å². The zero-order valence-electron chi connectivity index (χ0n) is 19.0. The second kappa shape index (κ2) is 9.26. The molecule has 0 saturated heterocycles. The highest BCUT2D eigenvalue weighted by molar-refractivity contribution is 6.21. The lowest BCUT2D eigenvalue weighted by Gasteiger charge is -2.16. The van der Waals surface area contributed by atoms with Gasteiger partial charge in [0.2, 0.25) is 0 Å². The summed E-state index contributed by atoms with van der Waals surface area (Å²) in [6, 6.07) is 21.6. The SMILES string of the molecule is COc1ccc(CN2C(=O)c3ccccc3C2=O)cc1C(=O)Nc1cnn(Cc2ccccc2)c1. The second-order valence-corrected chi connectivity index (χ2v) is 8.14. The largest absolute Gasteiger partial charge is 0.496 e. The smallest absolute Gasteiger partial charge is 0.261 e. The van der Waals surface area contributed by atoms with Crippen LogP contribution in [0.25, 0.3) is 0 Å². The Labute approximate surface area is 201 Å². The van der Waals surface area contributed by atoms with Gasteiger partial charge >= 0.3 is 0 Å². The Kier molecular flexibility index (Phi) is 5.85. The summed E-state index contributed by atoms with van der Waals surface area (Å²) in [6.07, 6.45) is 3.33. The van der Waals surface area contributed by atoms with E-state index in [0.717, 1.165) is 5.56 Å². The molecule has 5 rings (SSSR count). The van der Waals surface area contributed by atoms with Crippen LogP contribution in [0.15, 0.2) is 85.2 Å². The van der Waals surface area contributed by atoms with E-state index in [1.54, 1.807) is 59.5 Å². The molecule has 8 heteroatoms. The molecular formula is C27H22N4O4. The van der Waals surface area contributed by atoms with E-state index in [1.807, 2.05) is 30.3 Å². The van der Waals surface area contributed by atoms with Crippen LogP contribution in [0.4, 0.5) is 5.69 Å². The minimum Gasteiger partial charge on any atom is -0.496 e. The number of methoxy groups -OCH3 is 1. The first-order valence-corrected chi connectivity index (χ1v) is 11.0. The number of hydrogen-bond donors (Lipinski definition) is 1. The van der Waals surface area contributed by atoms with E-state index in [-0.39, 0.29) is 29.8 Å². The van der Waals surface area contributed by atoms with E-state index in [0.29, 0.717) is 34.7 Å². The number of rotatable bonds is 7. The fourth-order valence-electron chi connectivity index (χ4n) is 4.08. The standard InChI is InChI=1S/C27H22N4O4/c1-35-24-12-11-19(16-31-26(33)21-9-5-6-10-22(21)27(31)34)13-23(24)25(32)29-20-14-28-30(17-20)15-18-7-3-2-4-8-18/h2-14,17H,15-16H2,1H3,(H,29,32). The summed E-state index contributed by atoms with van der Waals surface area (Å²) in [4.78, 5) is 39.7. The summed E-state index contributed by atoms with van der Waals surface area (Å²) in [7, 11) is 1.48. The predicted octanol–water partition coefficient (Wildman–Crippen LogP) is 3.99. The molecule has 1 aliphatic heterocycles. The Hall–Kier alpha value is -4.72. The van der Waals surface area contributed by atoms with Crippen molar-refractivity contribution in [3.63, 3.8) is 0 Å². The number of amides is 3. The number of fused-ring (bicyclic) bond motifs is 1. The maximum absolute atomic E-state index is 13.1. The van der Waals surface area contributed by atoms with Crippen molar-refractivity contribution in [1.82, 2.24) is 14.7 Å². The summed E-state index contributed by atoms with van der Waals surface area (Å²) in [5.74, 6) is -0.702. The van der Waals surface area contributed by atoms with Crippen LogP contribution < -0.4 is 10.1 Å². The van der Waals surface area contributed by atoms with Crippen LogP contribution in [-0.4, -0.2) is 39.5 Å². The number of ether oxygens (including phenoxy) is 1. The van der Waals surface area contributed by atoms with Crippen molar-refractivity contribution >= 4 is 23.4 Å².